The van der Waals surface area contributed by atoms with Crippen LogP contribution in [-0.2, 0) is 16.0 Å². The third-order valence-corrected chi connectivity index (χ3v) is 6.19. The first-order valence-corrected chi connectivity index (χ1v) is 11.5. The Kier molecular flexibility index (Phi) is 9.85. The molecular weight excluding hydrogens is 430 g/mol. The molecule has 29 heavy (non-hydrogen) atoms. The van der Waals surface area contributed by atoms with E-state index in [1.165, 1.54) is 32.1 Å². The smallest absolute Gasteiger partial charge is 0.251 e. The van der Waals surface area contributed by atoms with Crippen molar-refractivity contribution >= 4 is 33.6 Å². The molecule has 5 nitrogen and oxygen atoms in total. The lowest BCUT2D eigenvalue weighted by molar-refractivity contribution is -0.125. The molecule has 0 spiro atoms. The van der Waals surface area contributed by atoms with Gasteiger partial charge in [0.1, 0.15) is 5.84 Å². The van der Waals surface area contributed by atoms with Crippen LogP contribution in [0.4, 0.5) is 0 Å². The van der Waals surface area contributed by atoms with Gasteiger partial charge in [-0.3, -0.25) is 9.59 Å². The number of aliphatic imine (C=N–C) groups is 1. The highest BCUT2D eigenvalue weighted by molar-refractivity contribution is 9.10. The fourth-order valence-corrected chi connectivity index (χ4v) is 4.28. The molecule has 0 heterocycles. The zero-order chi connectivity index (χ0) is 21.2. The summed E-state index contributed by atoms with van der Waals surface area (Å²) in [7, 11) is 0. The van der Waals surface area contributed by atoms with Crippen molar-refractivity contribution in [1.82, 2.24) is 5.32 Å². The van der Waals surface area contributed by atoms with E-state index in [-0.39, 0.29) is 30.0 Å². The van der Waals surface area contributed by atoms with Crippen molar-refractivity contribution in [2.75, 3.05) is 6.54 Å². The number of nitrogens with one attached hydrogen (secondary N) is 1. The quantitative estimate of drug-likeness (QED) is 0.413. The number of hydrogen-bond donors (Lipinski definition) is 2. The molecule has 2 rings (SSSR count). The van der Waals surface area contributed by atoms with Crippen molar-refractivity contribution < 1.29 is 9.59 Å². The summed E-state index contributed by atoms with van der Waals surface area (Å²) >= 11 is 3.45. The summed E-state index contributed by atoms with van der Waals surface area (Å²) in [4.78, 5) is 29.2. The number of nitrogens with zero attached hydrogens (tertiary/aromatic N) is 1. The van der Waals surface area contributed by atoms with Crippen LogP contribution in [0.1, 0.15) is 64.4 Å². The SMILES string of the molecule is CC(C)CNC(=O)[C@H](CC(N)=NC(=O)Cc1ccccc1Br)CC1CCCCC1. The summed E-state index contributed by atoms with van der Waals surface area (Å²) in [6.07, 6.45) is 7.44. The van der Waals surface area contributed by atoms with Gasteiger partial charge in [0.15, 0.2) is 0 Å². The van der Waals surface area contributed by atoms with Crippen molar-refractivity contribution in [3.8, 4) is 0 Å². The van der Waals surface area contributed by atoms with Gasteiger partial charge in [-0.05, 0) is 29.9 Å². The largest absolute Gasteiger partial charge is 0.387 e. The van der Waals surface area contributed by atoms with Crippen LogP contribution in [0.2, 0.25) is 0 Å². The van der Waals surface area contributed by atoms with Gasteiger partial charge in [-0.15, -0.1) is 0 Å². The minimum Gasteiger partial charge on any atom is -0.387 e. The summed E-state index contributed by atoms with van der Waals surface area (Å²) in [5, 5.41) is 3.04. The van der Waals surface area contributed by atoms with Crippen LogP contribution in [0.5, 0.6) is 0 Å². The van der Waals surface area contributed by atoms with Crippen LogP contribution in [0, 0.1) is 17.8 Å². The number of halogens is 1. The lowest BCUT2D eigenvalue weighted by atomic mass is 9.81. The Morgan fingerprint density at radius 1 is 1.21 bits per heavy atom. The lowest BCUT2D eigenvalue weighted by Gasteiger charge is -2.26. The molecule has 0 bridgehead atoms. The number of carbonyl (C=O) groups is 2. The van der Waals surface area contributed by atoms with Gasteiger partial charge < -0.3 is 11.1 Å². The molecule has 1 fully saturated rings. The second kappa shape index (κ2) is 12.1. The van der Waals surface area contributed by atoms with Gasteiger partial charge in [-0.25, -0.2) is 4.99 Å². The summed E-state index contributed by atoms with van der Waals surface area (Å²) in [5.41, 5.74) is 6.98. The molecule has 1 aliphatic rings. The molecule has 1 saturated carbocycles. The van der Waals surface area contributed by atoms with Crippen LogP contribution < -0.4 is 11.1 Å². The molecule has 160 valence electrons. The molecule has 0 aliphatic heterocycles. The van der Waals surface area contributed by atoms with Gasteiger partial charge in [0, 0.05) is 23.4 Å². The summed E-state index contributed by atoms with van der Waals surface area (Å²) in [6.45, 7) is 4.80. The van der Waals surface area contributed by atoms with Crippen molar-refractivity contribution in [2.24, 2.45) is 28.5 Å². The van der Waals surface area contributed by atoms with E-state index in [1.54, 1.807) is 0 Å². The highest BCUT2D eigenvalue weighted by Gasteiger charge is 2.25. The summed E-state index contributed by atoms with van der Waals surface area (Å²) in [5.74, 6) is 0.724. The highest BCUT2D eigenvalue weighted by Crippen LogP contribution is 2.30. The second-order valence-electron chi connectivity index (χ2n) is 8.54. The molecule has 0 saturated heterocycles. The summed E-state index contributed by atoms with van der Waals surface area (Å²) in [6, 6.07) is 7.58. The van der Waals surface area contributed by atoms with E-state index in [0.717, 1.165) is 16.5 Å². The molecule has 1 aromatic carbocycles. The van der Waals surface area contributed by atoms with Gasteiger partial charge in [-0.2, -0.15) is 0 Å². The van der Waals surface area contributed by atoms with Gasteiger partial charge in [0.2, 0.25) is 5.91 Å². The zero-order valence-corrected chi connectivity index (χ0v) is 19.2. The molecule has 6 heteroatoms. The number of amidine groups is 1. The maximum Gasteiger partial charge on any atom is 0.251 e. The fourth-order valence-electron chi connectivity index (χ4n) is 3.86. The van der Waals surface area contributed by atoms with E-state index < -0.39 is 0 Å². The molecule has 1 atom stereocenters. The Balaban J connectivity index is 2.00. The average molecular weight is 464 g/mol. The number of rotatable bonds is 9. The lowest BCUT2D eigenvalue weighted by Crippen LogP contribution is -2.36. The molecular formula is C23H34BrN3O2. The molecule has 0 unspecified atom stereocenters. The predicted molar refractivity (Wildman–Crippen MR) is 122 cm³/mol. The van der Waals surface area contributed by atoms with Gasteiger partial charge in [-0.1, -0.05) is 80.1 Å². The normalized spacial score (nSPS) is 16.6. The van der Waals surface area contributed by atoms with Crippen LogP contribution in [0.15, 0.2) is 33.7 Å². The molecule has 1 aliphatic carbocycles. The molecule has 1 aromatic rings. The first kappa shape index (κ1) is 23.6. The van der Waals surface area contributed by atoms with Crippen molar-refractivity contribution in [2.45, 2.75) is 65.2 Å². The number of nitrogens with two attached hydrogens (primary N) is 1. The maximum absolute atomic E-state index is 12.8. The fraction of sp³-hybridized carbons (Fsp3) is 0.609. The minimum atomic E-state index is -0.284. The van der Waals surface area contributed by atoms with E-state index in [1.807, 2.05) is 24.3 Å². The Hall–Kier alpha value is -1.69. The van der Waals surface area contributed by atoms with Crippen molar-refractivity contribution in [1.29, 1.82) is 0 Å². The van der Waals surface area contributed by atoms with E-state index in [2.05, 4.69) is 40.1 Å². The van der Waals surface area contributed by atoms with E-state index >= 15 is 0 Å². The van der Waals surface area contributed by atoms with Gasteiger partial charge in [0.05, 0.1) is 6.42 Å². The number of carbonyl (C=O) groups excluding carboxylic acids is 2. The number of hydrogen-bond acceptors (Lipinski definition) is 2. The monoisotopic (exact) mass is 463 g/mol. The van der Waals surface area contributed by atoms with Gasteiger partial charge in [0.25, 0.3) is 5.91 Å². The first-order chi connectivity index (χ1) is 13.8. The topological polar surface area (TPSA) is 84.6 Å². The van der Waals surface area contributed by atoms with Crippen LogP contribution in [0.3, 0.4) is 0 Å². The Labute approximate surface area is 183 Å². The van der Waals surface area contributed by atoms with Crippen LogP contribution in [0.25, 0.3) is 0 Å². The Bertz CT molecular complexity index is 712. The number of amides is 2. The molecule has 2 amide bonds. The van der Waals surface area contributed by atoms with Crippen LogP contribution >= 0.6 is 15.9 Å². The highest BCUT2D eigenvalue weighted by atomic mass is 79.9. The van der Waals surface area contributed by atoms with Crippen LogP contribution in [-0.4, -0.2) is 24.2 Å². The van der Waals surface area contributed by atoms with Crippen molar-refractivity contribution in [3.05, 3.63) is 34.3 Å². The maximum atomic E-state index is 12.8. The molecule has 0 radical (unpaired) electrons. The van der Waals surface area contributed by atoms with Gasteiger partial charge >= 0.3 is 0 Å². The van der Waals surface area contributed by atoms with E-state index in [4.69, 9.17) is 5.73 Å². The first-order valence-electron chi connectivity index (χ1n) is 10.7. The summed E-state index contributed by atoms with van der Waals surface area (Å²) < 4.78 is 0.880. The van der Waals surface area contributed by atoms with E-state index in [9.17, 15) is 9.59 Å². The third-order valence-electron chi connectivity index (χ3n) is 5.42. The molecule has 3 N–H and O–H groups in total. The third kappa shape index (κ3) is 8.69. The predicted octanol–water partition coefficient (Wildman–Crippen LogP) is 4.62. The van der Waals surface area contributed by atoms with E-state index in [0.29, 0.717) is 24.8 Å². The molecule has 0 aromatic heterocycles. The Morgan fingerprint density at radius 2 is 1.90 bits per heavy atom. The zero-order valence-electron chi connectivity index (χ0n) is 17.6. The minimum absolute atomic E-state index is 0.0284. The second-order valence-corrected chi connectivity index (χ2v) is 9.40. The Morgan fingerprint density at radius 3 is 2.55 bits per heavy atom. The standard InChI is InChI=1S/C23H34BrN3O2/c1-16(2)15-26-23(29)19(12-17-8-4-3-5-9-17)13-21(25)27-22(28)14-18-10-6-7-11-20(18)24/h6-7,10-11,16-17,19H,3-5,8-9,12-15H2,1-2H3,(H,26,29)(H2,25,27,28)/t19-/m0/s1. The van der Waals surface area contributed by atoms with Crippen molar-refractivity contribution in [3.63, 3.8) is 0 Å². The average Bonchev–Trinajstić information content (AvgIpc) is 2.68. The number of benzene rings is 1.